The minimum Gasteiger partial charge on any atom is -0.393 e. The lowest BCUT2D eigenvalue weighted by Crippen LogP contribution is -2.49. The summed E-state index contributed by atoms with van der Waals surface area (Å²) in [5.41, 5.74) is 0.650. The number of aliphatic hydroxyl groups excluding tert-OH is 1. The molecule has 0 spiro atoms. The van der Waals surface area contributed by atoms with Gasteiger partial charge >= 0.3 is 0 Å². The smallest absolute Gasteiger partial charge is 0.0543 e. The summed E-state index contributed by atoms with van der Waals surface area (Å²) in [6, 6.07) is 0. The SMILES string of the molecule is CCC(C)C1CCC2C3CCC4CC(O)CCC4C3CCC12C. The molecule has 0 aromatic heterocycles. The van der Waals surface area contributed by atoms with E-state index in [1.807, 2.05) is 0 Å². The highest BCUT2D eigenvalue weighted by Gasteiger charge is 2.57. The predicted molar refractivity (Wildman–Crippen MR) is 96.1 cm³/mol. The zero-order valence-corrected chi connectivity index (χ0v) is 15.6. The molecule has 0 aromatic carbocycles. The first-order chi connectivity index (χ1) is 11.0. The van der Waals surface area contributed by atoms with E-state index in [-0.39, 0.29) is 6.10 Å². The van der Waals surface area contributed by atoms with Crippen molar-refractivity contribution in [2.75, 3.05) is 0 Å². The normalized spacial score (nSPS) is 54.0. The third kappa shape index (κ3) is 2.52. The third-order valence-corrected chi connectivity index (χ3v) is 9.33. The van der Waals surface area contributed by atoms with E-state index < -0.39 is 0 Å². The van der Waals surface area contributed by atoms with Gasteiger partial charge in [-0.3, -0.25) is 0 Å². The van der Waals surface area contributed by atoms with Crippen LogP contribution in [0.5, 0.6) is 0 Å². The van der Waals surface area contributed by atoms with Gasteiger partial charge in [0.2, 0.25) is 0 Å². The Morgan fingerprint density at radius 2 is 1.74 bits per heavy atom. The molecule has 1 heteroatoms. The molecule has 4 rings (SSSR count). The van der Waals surface area contributed by atoms with Gasteiger partial charge in [-0.1, -0.05) is 27.2 Å². The number of fused-ring (bicyclic) bond motifs is 5. The van der Waals surface area contributed by atoms with Gasteiger partial charge in [-0.15, -0.1) is 0 Å². The first-order valence-electron chi connectivity index (χ1n) is 10.7. The molecule has 23 heavy (non-hydrogen) atoms. The van der Waals surface area contributed by atoms with Gasteiger partial charge in [0.1, 0.15) is 0 Å². The molecule has 9 atom stereocenters. The predicted octanol–water partition coefficient (Wildman–Crippen LogP) is 5.66. The highest BCUT2D eigenvalue weighted by atomic mass is 16.3. The summed E-state index contributed by atoms with van der Waals surface area (Å²) in [6.45, 7) is 7.59. The van der Waals surface area contributed by atoms with E-state index in [2.05, 4.69) is 20.8 Å². The van der Waals surface area contributed by atoms with Gasteiger partial charge in [-0.2, -0.15) is 0 Å². The molecule has 4 fully saturated rings. The molecule has 4 saturated carbocycles. The van der Waals surface area contributed by atoms with Crippen LogP contribution in [0.1, 0.15) is 85.0 Å². The van der Waals surface area contributed by atoms with Crippen LogP contribution in [-0.4, -0.2) is 11.2 Å². The maximum absolute atomic E-state index is 10.1. The van der Waals surface area contributed by atoms with E-state index in [0.29, 0.717) is 5.41 Å². The summed E-state index contributed by atoms with van der Waals surface area (Å²) < 4.78 is 0. The van der Waals surface area contributed by atoms with Crippen molar-refractivity contribution in [3.63, 3.8) is 0 Å². The number of rotatable bonds is 2. The molecule has 0 aliphatic heterocycles. The second-order valence-corrected chi connectivity index (χ2v) is 10.0. The van der Waals surface area contributed by atoms with Crippen molar-refractivity contribution in [1.82, 2.24) is 0 Å². The molecule has 0 bridgehead atoms. The minimum atomic E-state index is 0.0166. The van der Waals surface area contributed by atoms with E-state index in [4.69, 9.17) is 0 Å². The standard InChI is InChI=1S/C22H38O/c1-4-14(2)20-9-10-21-19-7-5-15-13-16(23)6-8-17(15)18(19)11-12-22(20,21)3/h14-21,23H,4-13H2,1-3H3. The lowest BCUT2D eigenvalue weighted by molar-refractivity contribution is -0.0819. The first kappa shape index (κ1) is 16.4. The quantitative estimate of drug-likeness (QED) is 0.696. The average molecular weight is 319 g/mol. The summed E-state index contributed by atoms with van der Waals surface area (Å²) >= 11 is 0. The maximum Gasteiger partial charge on any atom is 0.0543 e. The molecular formula is C22H38O. The molecule has 132 valence electrons. The summed E-state index contributed by atoms with van der Waals surface area (Å²) in [5.74, 6) is 6.79. The van der Waals surface area contributed by atoms with Gasteiger partial charge < -0.3 is 5.11 Å². The Hall–Kier alpha value is -0.0400. The summed E-state index contributed by atoms with van der Waals surface area (Å²) in [5, 5.41) is 10.1. The molecule has 4 aliphatic carbocycles. The second kappa shape index (κ2) is 6.04. The van der Waals surface area contributed by atoms with Crippen LogP contribution in [-0.2, 0) is 0 Å². The van der Waals surface area contributed by atoms with Crippen LogP contribution < -0.4 is 0 Å². The van der Waals surface area contributed by atoms with Crippen molar-refractivity contribution in [3.8, 4) is 0 Å². The van der Waals surface area contributed by atoms with Crippen LogP contribution in [0.2, 0.25) is 0 Å². The second-order valence-electron chi connectivity index (χ2n) is 10.0. The Morgan fingerprint density at radius 3 is 2.52 bits per heavy atom. The van der Waals surface area contributed by atoms with Gasteiger partial charge in [-0.05, 0) is 105 Å². The molecule has 0 aromatic rings. The number of aliphatic hydroxyl groups is 1. The molecule has 1 N–H and O–H groups in total. The highest BCUT2D eigenvalue weighted by molar-refractivity contribution is 5.06. The van der Waals surface area contributed by atoms with Crippen LogP contribution in [0, 0.1) is 46.8 Å². The zero-order valence-electron chi connectivity index (χ0n) is 15.6. The fourth-order valence-corrected chi connectivity index (χ4v) is 8.09. The molecule has 0 heterocycles. The third-order valence-electron chi connectivity index (χ3n) is 9.33. The van der Waals surface area contributed by atoms with Crippen LogP contribution >= 0.6 is 0 Å². The monoisotopic (exact) mass is 318 g/mol. The largest absolute Gasteiger partial charge is 0.393 e. The highest BCUT2D eigenvalue weighted by Crippen LogP contribution is 2.65. The Kier molecular flexibility index (Phi) is 4.32. The Morgan fingerprint density at radius 1 is 0.957 bits per heavy atom. The van der Waals surface area contributed by atoms with Gasteiger partial charge in [0.25, 0.3) is 0 Å². The van der Waals surface area contributed by atoms with Crippen molar-refractivity contribution in [2.45, 2.75) is 91.1 Å². The Bertz CT molecular complexity index is 432. The van der Waals surface area contributed by atoms with Gasteiger partial charge in [0.05, 0.1) is 6.10 Å². The summed E-state index contributed by atoms with van der Waals surface area (Å²) in [4.78, 5) is 0. The number of hydrogen-bond donors (Lipinski definition) is 1. The van der Waals surface area contributed by atoms with Gasteiger partial charge in [0.15, 0.2) is 0 Å². The van der Waals surface area contributed by atoms with E-state index in [0.717, 1.165) is 54.3 Å². The van der Waals surface area contributed by atoms with E-state index in [9.17, 15) is 5.11 Å². The molecule has 0 radical (unpaired) electrons. The molecule has 0 amide bonds. The number of hydrogen-bond acceptors (Lipinski definition) is 1. The minimum absolute atomic E-state index is 0.0166. The van der Waals surface area contributed by atoms with Crippen LogP contribution in [0.4, 0.5) is 0 Å². The zero-order chi connectivity index (χ0) is 16.2. The molecule has 0 saturated heterocycles. The average Bonchev–Trinajstić information content (AvgIpc) is 2.90. The summed E-state index contributed by atoms with van der Waals surface area (Å²) in [7, 11) is 0. The van der Waals surface area contributed by atoms with Crippen molar-refractivity contribution < 1.29 is 5.11 Å². The van der Waals surface area contributed by atoms with Gasteiger partial charge in [0, 0.05) is 0 Å². The van der Waals surface area contributed by atoms with Crippen molar-refractivity contribution in [3.05, 3.63) is 0 Å². The van der Waals surface area contributed by atoms with Gasteiger partial charge in [-0.25, -0.2) is 0 Å². The molecular weight excluding hydrogens is 280 g/mol. The molecule has 1 nitrogen and oxygen atoms in total. The Balaban J connectivity index is 1.54. The fourth-order valence-electron chi connectivity index (χ4n) is 8.09. The van der Waals surface area contributed by atoms with Crippen LogP contribution in [0.25, 0.3) is 0 Å². The van der Waals surface area contributed by atoms with Crippen molar-refractivity contribution >= 4 is 0 Å². The molecule has 4 aliphatic rings. The van der Waals surface area contributed by atoms with Crippen molar-refractivity contribution in [1.29, 1.82) is 0 Å². The lowest BCUT2D eigenvalue weighted by Gasteiger charge is -2.56. The van der Waals surface area contributed by atoms with E-state index in [1.165, 1.54) is 51.4 Å². The lowest BCUT2D eigenvalue weighted by atomic mass is 9.49. The van der Waals surface area contributed by atoms with E-state index >= 15 is 0 Å². The summed E-state index contributed by atoms with van der Waals surface area (Å²) in [6.07, 6.45) is 13.8. The van der Waals surface area contributed by atoms with Crippen LogP contribution in [0.15, 0.2) is 0 Å². The van der Waals surface area contributed by atoms with Crippen LogP contribution in [0.3, 0.4) is 0 Å². The van der Waals surface area contributed by atoms with Crippen molar-refractivity contribution in [2.24, 2.45) is 46.8 Å². The fraction of sp³-hybridized carbons (Fsp3) is 1.00. The Labute approximate surface area is 143 Å². The first-order valence-corrected chi connectivity index (χ1v) is 10.7. The maximum atomic E-state index is 10.1. The van der Waals surface area contributed by atoms with E-state index in [1.54, 1.807) is 0 Å². The molecule has 9 unspecified atom stereocenters. The topological polar surface area (TPSA) is 20.2 Å².